The number of hydrogen-bond donors (Lipinski definition) is 2. The van der Waals surface area contributed by atoms with Gasteiger partial charge in [-0.05, 0) is 12.1 Å². The largest absolute Gasteiger partial charge is 0.454 e. The van der Waals surface area contributed by atoms with Crippen molar-refractivity contribution in [3.63, 3.8) is 0 Å². The second-order valence-corrected chi connectivity index (χ2v) is 8.26. The van der Waals surface area contributed by atoms with Gasteiger partial charge in [-0.15, -0.1) is 0 Å². The summed E-state index contributed by atoms with van der Waals surface area (Å²) in [6.07, 6.45) is -1.86. The molecule has 0 saturated carbocycles. The fourth-order valence-corrected chi connectivity index (χ4v) is 3.54. The number of nitriles is 1. The summed E-state index contributed by atoms with van der Waals surface area (Å²) in [4.78, 5) is 36.5. The Morgan fingerprint density at radius 3 is 2.54 bits per heavy atom. The van der Waals surface area contributed by atoms with E-state index >= 15 is 0 Å². The van der Waals surface area contributed by atoms with Gasteiger partial charge in [0.25, 0.3) is 5.56 Å². The molecule has 0 unspecified atom stereocenters. The van der Waals surface area contributed by atoms with E-state index in [0.717, 1.165) is 0 Å². The highest BCUT2D eigenvalue weighted by Gasteiger charge is 2.33. The molecule has 6 radical (unpaired) electrons. The normalized spacial score (nSPS) is 11.7. The number of carbonyl (C=O) groups is 1. The lowest BCUT2D eigenvalue weighted by Gasteiger charge is -2.26. The number of pyridine rings is 3. The topological polar surface area (TPSA) is 140 Å². The maximum absolute atomic E-state index is 13.5. The first-order valence-electron chi connectivity index (χ1n) is 10.8. The molecule has 0 spiro atoms. The molecule has 17 heteroatoms. The molecule has 4 aromatic heterocycles. The van der Waals surface area contributed by atoms with E-state index in [2.05, 4.69) is 25.6 Å². The first-order chi connectivity index (χ1) is 18.2. The van der Waals surface area contributed by atoms with Crippen LogP contribution in [0.3, 0.4) is 0 Å². The van der Waals surface area contributed by atoms with Crippen LogP contribution in [0, 0.1) is 11.3 Å². The van der Waals surface area contributed by atoms with E-state index in [0.29, 0.717) is 16.8 Å². The molecule has 0 fully saturated rings. The van der Waals surface area contributed by atoms with E-state index < -0.39 is 28.2 Å². The van der Waals surface area contributed by atoms with Crippen LogP contribution in [0.2, 0.25) is 0 Å². The summed E-state index contributed by atoms with van der Waals surface area (Å²) in [6.45, 7) is 1.31. The summed E-state index contributed by atoms with van der Waals surface area (Å²) >= 11 is 0. The second-order valence-electron chi connectivity index (χ2n) is 8.26. The van der Waals surface area contributed by atoms with Crippen molar-refractivity contribution in [2.24, 2.45) is 7.05 Å². The Morgan fingerprint density at radius 2 is 1.92 bits per heavy atom. The molecule has 0 aliphatic rings. The van der Waals surface area contributed by atoms with Crippen molar-refractivity contribution < 1.29 is 22.7 Å². The van der Waals surface area contributed by atoms with Gasteiger partial charge in [-0.25, -0.2) is 9.97 Å². The van der Waals surface area contributed by atoms with Gasteiger partial charge in [-0.3, -0.25) is 9.59 Å². The van der Waals surface area contributed by atoms with E-state index in [-0.39, 0.29) is 45.9 Å². The van der Waals surface area contributed by atoms with Crippen molar-refractivity contribution in [2.45, 2.75) is 18.3 Å². The van der Waals surface area contributed by atoms with E-state index in [1.807, 2.05) is 6.07 Å². The molecule has 0 aliphatic carbocycles. The summed E-state index contributed by atoms with van der Waals surface area (Å²) in [6, 6.07) is 5.45. The molecule has 0 aliphatic heterocycles. The van der Waals surface area contributed by atoms with Gasteiger partial charge in [-0.1, -0.05) is 5.24 Å². The number of imidazole rings is 1. The van der Waals surface area contributed by atoms with E-state index in [1.54, 1.807) is 0 Å². The van der Waals surface area contributed by atoms with Gasteiger partial charge in [0.1, 0.15) is 34.4 Å². The highest BCUT2D eigenvalue weighted by molar-refractivity contribution is 6.56. The molecule has 0 bridgehead atoms. The molecule has 0 saturated heterocycles. The van der Waals surface area contributed by atoms with Gasteiger partial charge in [-0.2, -0.15) is 23.4 Å². The van der Waals surface area contributed by atoms with Crippen LogP contribution in [0.5, 0.6) is 11.5 Å². The SMILES string of the molecule is [B]C([B])([B])n1cc(C(F)(F)F)cc(Nc2nc3ncc(Oc4ccnc(NC(C)=O)c4)c(C#N)c3n2C)c1=O. The number of nitrogens with one attached hydrogen (secondary N) is 2. The van der Waals surface area contributed by atoms with Crippen LogP contribution >= 0.6 is 0 Å². The smallest absolute Gasteiger partial charge is 0.417 e. The Labute approximate surface area is 222 Å². The van der Waals surface area contributed by atoms with Crippen molar-refractivity contribution in [1.82, 2.24) is 24.1 Å². The maximum Gasteiger partial charge on any atom is 0.417 e. The summed E-state index contributed by atoms with van der Waals surface area (Å²) in [5.41, 5.74) is -2.76. The first-order valence-corrected chi connectivity index (χ1v) is 10.8. The highest BCUT2D eigenvalue weighted by Crippen LogP contribution is 2.33. The lowest BCUT2D eigenvalue weighted by Crippen LogP contribution is -2.43. The van der Waals surface area contributed by atoms with Crippen LogP contribution in [0.15, 0.2) is 41.6 Å². The number of aryl methyl sites for hydroxylation is 1. The zero-order chi connectivity index (χ0) is 28.7. The van der Waals surface area contributed by atoms with E-state index in [4.69, 9.17) is 28.3 Å². The van der Waals surface area contributed by atoms with Gasteiger partial charge in [0.2, 0.25) is 11.9 Å². The number of halogens is 3. The number of nitrogens with zero attached hydrogens (tertiary/aromatic N) is 6. The molecule has 39 heavy (non-hydrogen) atoms. The Bertz CT molecular complexity index is 1710. The minimum Gasteiger partial charge on any atom is -0.454 e. The Balaban J connectivity index is 1.78. The third-order valence-corrected chi connectivity index (χ3v) is 5.25. The fourth-order valence-electron chi connectivity index (χ4n) is 3.54. The van der Waals surface area contributed by atoms with Gasteiger partial charge < -0.3 is 24.5 Å². The Hall–Kier alpha value is -4.74. The molecule has 4 heterocycles. The zero-order valence-electron chi connectivity index (χ0n) is 20.2. The molecular formula is C22H14B3F3N8O3. The third-order valence-electron chi connectivity index (χ3n) is 5.25. The summed E-state index contributed by atoms with van der Waals surface area (Å²) in [7, 11) is 17.9. The first kappa shape index (κ1) is 27.3. The monoisotopic (exact) mass is 528 g/mol. The quantitative estimate of drug-likeness (QED) is 0.363. The predicted octanol–water partition coefficient (Wildman–Crippen LogP) is 1.98. The molecule has 2 N–H and O–H groups in total. The molecule has 0 atom stereocenters. The van der Waals surface area contributed by atoms with Gasteiger partial charge in [0.15, 0.2) is 11.4 Å². The minimum atomic E-state index is -4.86. The number of anilines is 3. The van der Waals surface area contributed by atoms with Crippen LogP contribution in [0.25, 0.3) is 11.2 Å². The predicted molar refractivity (Wildman–Crippen MR) is 136 cm³/mol. The van der Waals surface area contributed by atoms with Crippen molar-refractivity contribution in [3.05, 3.63) is 58.3 Å². The van der Waals surface area contributed by atoms with E-state index in [1.165, 1.54) is 43.1 Å². The molecular weight excluding hydrogens is 514 g/mol. The van der Waals surface area contributed by atoms with Crippen LogP contribution in [-0.2, 0) is 23.3 Å². The van der Waals surface area contributed by atoms with Gasteiger partial charge in [0, 0.05) is 32.4 Å². The number of ether oxygens (including phenoxy) is 1. The highest BCUT2D eigenvalue weighted by atomic mass is 19.4. The average molecular weight is 528 g/mol. The van der Waals surface area contributed by atoms with Gasteiger partial charge in [0.05, 0.1) is 35.3 Å². The third kappa shape index (κ3) is 5.59. The summed E-state index contributed by atoms with van der Waals surface area (Å²) < 4.78 is 47.9. The number of aromatic nitrogens is 5. The minimum absolute atomic E-state index is 0.0140. The van der Waals surface area contributed by atoms with Crippen molar-refractivity contribution in [2.75, 3.05) is 10.6 Å². The van der Waals surface area contributed by atoms with Crippen molar-refractivity contribution in [1.29, 1.82) is 5.26 Å². The standard InChI is InChI=1S/C22H14B3F3N8O3/c1-10(37)32-16-6-12(3-4-30-16)39-15-8-31-18-17(13(15)7-29)35(2)20(34-18)33-14-5-11(21(26,27)28)9-36(19(14)38)22(23,24)25/h3-6,8-9H,1-2H3,(H,30,32,37)(H,31,33,34). The van der Waals surface area contributed by atoms with Crippen LogP contribution in [-0.4, -0.2) is 53.5 Å². The van der Waals surface area contributed by atoms with Gasteiger partial charge >= 0.3 is 6.18 Å². The number of rotatable bonds is 6. The Morgan fingerprint density at radius 1 is 1.21 bits per heavy atom. The maximum atomic E-state index is 13.5. The number of fused-ring (bicyclic) bond motifs is 1. The second kappa shape index (κ2) is 9.86. The Kier molecular flexibility index (Phi) is 6.90. The summed E-state index contributed by atoms with van der Waals surface area (Å²) in [5, 5.41) is 12.5. The van der Waals surface area contributed by atoms with Crippen LogP contribution in [0.1, 0.15) is 18.1 Å². The van der Waals surface area contributed by atoms with Crippen molar-refractivity contribution in [3.8, 4) is 17.6 Å². The van der Waals surface area contributed by atoms with Crippen molar-refractivity contribution >= 4 is 58.1 Å². The fraction of sp³-hybridized carbons (Fsp3) is 0.182. The average Bonchev–Trinajstić information content (AvgIpc) is 3.14. The molecule has 4 aromatic rings. The number of carbonyl (C=O) groups excluding carboxylic acids is 1. The van der Waals surface area contributed by atoms with Crippen LogP contribution < -0.4 is 20.9 Å². The number of alkyl halides is 3. The molecule has 11 nitrogen and oxygen atoms in total. The lowest BCUT2D eigenvalue weighted by molar-refractivity contribution is -0.138. The molecule has 4 rings (SSSR count). The molecule has 1 amide bonds. The summed E-state index contributed by atoms with van der Waals surface area (Å²) in [5.74, 6) is -0.0335. The van der Waals surface area contributed by atoms with E-state index in [9.17, 15) is 28.0 Å². The molecule has 0 aromatic carbocycles. The molecule has 190 valence electrons. The lowest BCUT2D eigenvalue weighted by atomic mass is 9.49. The van der Waals surface area contributed by atoms with Crippen LogP contribution in [0.4, 0.5) is 30.6 Å². The number of amides is 1. The zero-order valence-corrected chi connectivity index (χ0v) is 20.2. The number of hydrogen-bond acceptors (Lipinski definition) is 8.